The normalized spacial score (nSPS) is 48.3. The monoisotopic (exact) mass is 376 g/mol. The first-order chi connectivity index (χ1) is 12.6. The molecule has 4 fully saturated rings. The summed E-state index contributed by atoms with van der Waals surface area (Å²) in [6, 6.07) is 0. The van der Waals surface area contributed by atoms with Crippen LogP contribution < -0.4 is 0 Å². The molecule has 2 saturated carbocycles. The van der Waals surface area contributed by atoms with Crippen molar-refractivity contribution in [3.05, 3.63) is 36.0 Å². The van der Waals surface area contributed by atoms with E-state index in [4.69, 9.17) is 14.2 Å². The van der Waals surface area contributed by atoms with Crippen molar-refractivity contribution in [3.63, 3.8) is 0 Å². The van der Waals surface area contributed by atoms with Crippen molar-refractivity contribution in [3.8, 4) is 0 Å². The van der Waals surface area contributed by atoms with Crippen molar-refractivity contribution in [1.82, 2.24) is 0 Å². The summed E-state index contributed by atoms with van der Waals surface area (Å²) in [5.41, 5.74) is -1.64. The average Bonchev–Trinajstić information content (AvgIpc) is 3.20. The number of fused-ring (bicyclic) bond motifs is 5. The maximum Gasteiger partial charge on any atom is 0.334 e. The summed E-state index contributed by atoms with van der Waals surface area (Å²) in [4.78, 5) is 24.6. The van der Waals surface area contributed by atoms with E-state index in [0.717, 1.165) is 0 Å². The predicted molar refractivity (Wildman–Crippen MR) is 93.3 cm³/mol. The van der Waals surface area contributed by atoms with Gasteiger partial charge in [0.15, 0.2) is 0 Å². The average molecular weight is 376 g/mol. The van der Waals surface area contributed by atoms with Crippen molar-refractivity contribution in [2.75, 3.05) is 0 Å². The van der Waals surface area contributed by atoms with Crippen LogP contribution in [0.15, 0.2) is 36.0 Å². The van der Waals surface area contributed by atoms with E-state index in [9.17, 15) is 19.8 Å². The molecule has 2 heterocycles. The summed E-state index contributed by atoms with van der Waals surface area (Å²) in [5, 5.41) is 22.4. The van der Waals surface area contributed by atoms with E-state index < -0.39 is 59.4 Å². The van der Waals surface area contributed by atoms with Crippen LogP contribution >= 0.6 is 0 Å². The zero-order chi connectivity index (χ0) is 19.9. The molecule has 2 N–H and O–H groups in total. The molecule has 27 heavy (non-hydrogen) atoms. The first-order valence-electron chi connectivity index (χ1n) is 9.07. The lowest BCUT2D eigenvalue weighted by Crippen LogP contribution is -2.59. The molecule has 8 atom stereocenters. The van der Waals surface area contributed by atoms with Crippen molar-refractivity contribution in [2.45, 2.75) is 62.8 Å². The maximum atomic E-state index is 12.4. The Morgan fingerprint density at radius 3 is 2.67 bits per heavy atom. The Morgan fingerprint density at radius 2 is 2.04 bits per heavy atom. The van der Waals surface area contributed by atoms with Crippen LogP contribution in [0.1, 0.15) is 27.2 Å². The van der Waals surface area contributed by atoms with Gasteiger partial charge < -0.3 is 24.4 Å². The van der Waals surface area contributed by atoms with Crippen molar-refractivity contribution < 1.29 is 34.0 Å². The van der Waals surface area contributed by atoms with Gasteiger partial charge in [-0.3, -0.25) is 0 Å². The number of ether oxygens (including phenoxy) is 3. The molecule has 0 aromatic heterocycles. The number of carbonyl (C=O) groups excluding carboxylic acids is 2. The summed E-state index contributed by atoms with van der Waals surface area (Å²) < 4.78 is 16.8. The summed E-state index contributed by atoms with van der Waals surface area (Å²) in [6.07, 6.45) is -1.54. The van der Waals surface area contributed by atoms with Gasteiger partial charge in [0.1, 0.15) is 29.5 Å². The van der Waals surface area contributed by atoms with E-state index in [2.05, 4.69) is 13.2 Å². The minimum absolute atomic E-state index is 0.139. The molecule has 2 aliphatic carbocycles. The molecule has 0 aromatic rings. The van der Waals surface area contributed by atoms with Crippen molar-refractivity contribution in [2.24, 2.45) is 11.8 Å². The van der Waals surface area contributed by atoms with Gasteiger partial charge in [-0.05, 0) is 20.8 Å². The van der Waals surface area contributed by atoms with Gasteiger partial charge in [0.2, 0.25) is 0 Å². The molecule has 2 saturated heterocycles. The third kappa shape index (κ3) is 2.13. The highest BCUT2D eigenvalue weighted by Crippen LogP contribution is 2.65. The fourth-order valence-electron chi connectivity index (χ4n) is 5.05. The zero-order valence-electron chi connectivity index (χ0n) is 15.6. The van der Waals surface area contributed by atoms with Crippen LogP contribution in [0.4, 0.5) is 0 Å². The van der Waals surface area contributed by atoms with Crippen LogP contribution in [0.25, 0.3) is 0 Å². The Kier molecular flexibility index (Phi) is 3.77. The summed E-state index contributed by atoms with van der Waals surface area (Å²) in [6.45, 7) is 12.9. The van der Waals surface area contributed by atoms with E-state index >= 15 is 0 Å². The summed E-state index contributed by atoms with van der Waals surface area (Å²) in [5.74, 6) is -2.66. The zero-order valence-corrected chi connectivity index (χ0v) is 15.6. The number of hydrogen-bond donors (Lipinski definition) is 2. The molecular formula is C20H24O7. The number of aliphatic hydroxyl groups is 2. The van der Waals surface area contributed by atoms with Crippen LogP contribution in [-0.2, 0) is 23.8 Å². The molecule has 0 amide bonds. The fourth-order valence-corrected chi connectivity index (χ4v) is 5.05. The van der Waals surface area contributed by atoms with Crippen LogP contribution in [-0.4, -0.2) is 57.8 Å². The number of aliphatic hydroxyl groups excluding tert-OH is 1. The highest BCUT2D eigenvalue weighted by Gasteiger charge is 2.83. The standard InChI is InChI=1S/C20H24O7/c1-6-8(2)17(22)25-11-7-9(3)13-14(21)16-19(5,27-16)20(13,24)15-12(11)10(4)18(23)26-15/h6,11-16,21,24H,3-4,7H2,1-2,5H3/b8-6-/t11-,12-,13-,14+,15+,16-,19+,20-/m1/s1. The minimum atomic E-state index is -1.68. The van der Waals surface area contributed by atoms with Gasteiger partial charge in [0.05, 0.1) is 12.0 Å². The van der Waals surface area contributed by atoms with Crippen LogP contribution in [0.2, 0.25) is 0 Å². The minimum Gasteiger partial charge on any atom is -0.458 e. The second-order valence-electron chi connectivity index (χ2n) is 8.09. The van der Waals surface area contributed by atoms with Gasteiger partial charge in [0.25, 0.3) is 0 Å². The molecule has 0 unspecified atom stereocenters. The number of allylic oxidation sites excluding steroid dienone is 1. The molecule has 0 spiro atoms. The Labute approximate surface area is 157 Å². The van der Waals surface area contributed by atoms with Gasteiger partial charge in [-0.15, -0.1) is 0 Å². The van der Waals surface area contributed by atoms with E-state index in [1.807, 2.05) is 0 Å². The van der Waals surface area contributed by atoms with Crippen LogP contribution in [0.3, 0.4) is 0 Å². The highest BCUT2D eigenvalue weighted by molar-refractivity contribution is 5.92. The van der Waals surface area contributed by atoms with Crippen LogP contribution in [0, 0.1) is 11.8 Å². The Balaban J connectivity index is 1.78. The smallest absolute Gasteiger partial charge is 0.334 e. The third-order valence-corrected chi connectivity index (χ3v) is 6.75. The van der Waals surface area contributed by atoms with Gasteiger partial charge in [-0.1, -0.05) is 24.8 Å². The van der Waals surface area contributed by atoms with Crippen molar-refractivity contribution in [1.29, 1.82) is 0 Å². The van der Waals surface area contributed by atoms with Gasteiger partial charge in [-0.2, -0.15) is 0 Å². The van der Waals surface area contributed by atoms with E-state index in [0.29, 0.717) is 11.1 Å². The predicted octanol–water partition coefficient (Wildman–Crippen LogP) is 0.801. The van der Waals surface area contributed by atoms with E-state index in [-0.39, 0.29) is 12.0 Å². The maximum absolute atomic E-state index is 12.4. The van der Waals surface area contributed by atoms with E-state index in [1.54, 1.807) is 26.8 Å². The SMILES string of the molecule is C=C1C(=O)O[C@H]2[C@H]1[C@H](OC(=O)/C(C)=C\C)CC(=C)[C@@H]1[C@H](O)[C@H]3O[C@]3(C)[C@@]12O. The van der Waals surface area contributed by atoms with Gasteiger partial charge >= 0.3 is 11.9 Å². The lowest BCUT2D eigenvalue weighted by atomic mass is 9.73. The number of esters is 2. The molecule has 7 heteroatoms. The Bertz CT molecular complexity index is 798. The van der Waals surface area contributed by atoms with Crippen molar-refractivity contribution >= 4 is 11.9 Å². The molecule has 0 aromatic carbocycles. The topological polar surface area (TPSA) is 106 Å². The third-order valence-electron chi connectivity index (χ3n) is 6.75. The second kappa shape index (κ2) is 5.53. The number of epoxide rings is 1. The Morgan fingerprint density at radius 1 is 1.37 bits per heavy atom. The molecule has 4 aliphatic rings. The largest absolute Gasteiger partial charge is 0.458 e. The molecule has 7 nitrogen and oxygen atoms in total. The number of rotatable bonds is 2. The van der Waals surface area contributed by atoms with E-state index in [1.165, 1.54) is 0 Å². The molecule has 146 valence electrons. The highest BCUT2D eigenvalue weighted by atomic mass is 16.7. The van der Waals surface area contributed by atoms with Crippen LogP contribution in [0.5, 0.6) is 0 Å². The lowest BCUT2D eigenvalue weighted by molar-refractivity contribution is -0.185. The molecule has 2 aliphatic heterocycles. The summed E-state index contributed by atoms with van der Waals surface area (Å²) in [7, 11) is 0. The fraction of sp³-hybridized carbons (Fsp3) is 0.600. The first kappa shape index (κ1) is 18.4. The first-order valence-corrected chi connectivity index (χ1v) is 9.07. The summed E-state index contributed by atoms with van der Waals surface area (Å²) >= 11 is 0. The second-order valence-corrected chi connectivity index (χ2v) is 8.09. The molecule has 0 bridgehead atoms. The number of hydrogen-bond acceptors (Lipinski definition) is 7. The van der Waals surface area contributed by atoms with Gasteiger partial charge in [-0.25, -0.2) is 9.59 Å². The Hall–Kier alpha value is -1.96. The molecule has 0 radical (unpaired) electrons. The quantitative estimate of drug-likeness (QED) is 0.318. The van der Waals surface area contributed by atoms with Gasteiger partial charge in [0, 0.05) is 23.5 Å². The molecule has 4 rings (SSSR count). The lowest BCUT2D eigenvalue weighted by Gasteiger charge is -2.40. The number of carbonyl (C=O) groups is 2. The molecular weight excluding hydrogens is 352 g/mol.